The topological polar surface area (TPSA) is 40.5 Å². The minimum atomic E-state index is -1.17. The van der Waals surface area contributed by atoms with Crippen molar-refractivity contribution in [1.82, 2.24) is 0 Å². The largest absolute Gasteiger partial charge is 0.368 e. The molecule has 0 aliphatic rings. The van der Waals surface area contributed by atoms with Crippen LogP contribution in [0.4, 0.5) is 0 Å². The number of aliphatic hydroxyl groups excluding tert-OH is 1. The Hall–Kier alpha value is -0.340. The molecule has 0 fully saturated rings. The summed E-state index contributed by atoms with van der Waals surface area (Å²) in [5, 5.41) is 16.4. The third-order valence-electron chi connectivity index (χ3n) is 0.629. The average Bonchev–Trinajstić information content (AvgIpc) is 1.61. The standard InChI is InChI=1S/C5H10O2/c1-2-3-4-5(6)7/h2,5-7H,1,3-4H2. The summed E-state index contributed by atoms with van der Waals surface area (Å²) in [6.45, 7) is 3.41. The van der Waals surface area contributed by atoms with Gasteiger partial charge in [-0.15, -0.1) is 6.58 Å². The minimum Gasteiger partial charge on any atom is -0.368 e. The maximum absolute atomic E-state index is 8.19. The molecule has 0 atom stereocenters. The first-order valence-corrected chi connectivity index (χ1v) is 2.24. The lowest BCUT2D eigenvalue weighted by Gasteiger charge is -1.95. The fourth-order valence-electron chi connectivity index (χ4n) is 0.267. The molecular formula is C5H10O2. The average molecular weight is 102 g/mol. The highest BCUT2D eigenvalue weighted by Gasteiger charge is 1.90. The van der Waals surface area contributed by atoms with E-state index in [4.69, 9.17) is 10.2 Å². The van der Waals surface area contributed by atoms with Crippen molar-refractivity contribution in [1.29, 1.82) is 0 Å². The van der Waals surface area contributed by atoms with Crippen molar-refractivity contribution in [2.45, 2.75) is 19.1 Å². The van der Waals surface area contributed by atoms with Crippen LogP contribution in [0.3, 0.4) is 0 Å². The van der Waals surface area contributed by atoms with Crippen LogP contribution < -0.4 is 0 Å². The van der Waals surface area contributed by atoms with E-state index in [2.05, 4.69) is 6.58 Å². The van der Waals surface area contributed by atoms with Gasteiger partial charge < -0.3 is 10.2 Å². The molecule has 0 aromatic rings. The number of allylic oxidation sites excluding steroid dienone is 1. The zero-order chi connectivity index (χ0) is 5.70. The first kappa shape index (κ1) is 6.66. The van der Waals surface area contributed by atoms with E-state index in [1.807, 2.05) is 0 Å². The molecule has 0 bridgehead atoms. The second kappa shape index (κ2) is 3.84. The van der Waals surface area contributed by atoms with Gasteiger partial charge in [-0.3, -0.25) is 0 Å². The van der Waals surface area contributed by atoms with Gasteiger partial charge in [-0.05, 0) is 6.42 Å². The van der Waals surface area contributed by atoms with Crippen LogP contribution >= 0.6 is 0 Å². The zero-order valence-electron chi connectivity index (χ0n) is 4.17. The molecule has 2 heteroatoms. The Labute approximate surface area is 43.1 Å². The lowest BCUT2D eigenvalue weighted by Crippen LogP contribution is -2.01. The maximum atomic E-state index is 8.19. The van der Waals surface area contributed by atoms with E-state index in [1.165, 1.54) is 0 Å². The quantitative estimate of drug-likeness (QED) is 0.396. The summed E-state index contributed by atoms with van der Waals surface area (Å²) in [5.74, 6) is 0. The number of aliphatic hydroxyl groups is 2. The fourth-order valence-corrected chi connectivity index (χ4v) is 0.267. The lowest BCUT2D eigenvalue weighted by molar-refractivity contribution is -0.0442. The van der Waals surface area contributed by atoms with E-state index in [9.17, 15) is 0 Å². The van der Waals surface area contributed by atoms with Crippen LogP contribution in [0.5, 0.6) is 0 Å². The molecule has 7 heavy (non-hydrogen) atoms. The number of rotatable bonds is 3. The highest BCUT2D eigenvalue weighted by molar-refractivity contribution is 4.65. The summed E-state index contributed by atoms with van der Waals surface area (Å²) in [7, 11) is 0. The molecule has 0 amide bonds. The van der Waals surface area contributed by atoms with Crippen molar-refractivity contribution in [3.63, 3.8) is 0 Å². The normalized spacial score (nSPS) is 9.57. The molecule has 0 saturated carbocycles. The molecule has 0 spiro atoms. The van der Waals surface area contributed by atoms with Crippen molar-refractivity contribution in [3.8, 4) is 0 Å². The molecule has 0 aliphatic carbocycles. The third kappa shape index (κ3) is 5.66. The van der Waals surface area contributed by atoms with E-state index < -0.39 is 6.29 Å². The van der Waals surface area contributed by atoms with Gasteiger partial charge in [0.15, 0.2) is 6.29 Å². The molecule has 2 nitrogen and oxygen atoms in total. The molecular weight excluding hydrogens is 92.1 g/mol. The number of hydrogen-bond acceptors (Lipinski definition) is 2. The van der Waals surface area contributed by atoms with Crippen LogP contribution in [0, 0.1) is 0 Å². The Bertz CT molecular complexity index is 50.0. The molecule has 2 N–H and O–H groups in total. The fraction of sp³-hybridized carbons (Fsp3) is 0.600. The summed E-state index contributed by atoms with van der Waals surface area (Å²) in [5.41, 5.74) is 0. The predicted molar refractivity (Wildman–Crippen MR) is 27.7 cm³/mol. The van der Waals surface area contributed by atoms with Gasteiger partial charge in [-0.2, -0.15) is 0 Å². The van der Waals surface area contributed by atoms with Gasteiger partial charge in [0.1, 0.15) is 0 Å². The van der Waals surface area contributed by atoms with E-state index in [0.717, 1.165) is 0 Å². The Morgan fingerprint density at radius 3 is 2.29 bits per heavy atom. The summed E-state index contributed by atoms with van der Waals surface area (Å²) in [6.07, 6.45) is 1.54. The molecule has 0 unspecified atom stereocenters. The first-order chi connectivity index (χ1) is 3.27. The van der Waals surface area contributed by atoms with Crippen LogP contribution in [-0.4, -0.2) is 16.5 Å². The Balaban J connectivity index is 2.81. The Kier molecular flexibility index (Phi) is 3.65. The van der Waals surface area contributed by atoms with E-state index >= 15 is 0 Å². The summed E-state index contributed by atoms with van der Waals surface area (Å²) in [6, 6.07) is 0. The Morgan fingerprint density at radius 2 is 2.14 bits per heavy atom. The second-order valence-electron chi connectivity index (χ2n) is 1.35. The minimum absolute atomic E-state index is 0.392. The molecule has 0 radical (unpaired) electrons. The summed E-state index contributed by atoms with van der Waals surface area (Å²) >= 11 is 0. The molecule has 0 aromatic carbocycles. The van der Waals surface area contributed by atoms with E-state index in [1.54, 1.807) is 6.08 Å². The van der Waals surface area contributed by atoms with Crippen LogP contribution in [0.1, 0.15) is 12.8 Å². The maximum Gasteiger partial charge on any atom is 0.151 e. The van der Waals surface area contributed by atoms with Gasteiger partial charge in [-0.1, -0.05) is 6.08 Å². The highest BCUT2D eigenvalue weighted by atomic mass is 16.5. The van der Waals surface area contributed by atoms with Gasteiger partial charge in [0, 0.05) is 6.42 Å². The second-order valence-corrected chi connectivity index (χ2v) is 1.35. The smallest absolute Gasteiger partial charge is 0.151 e. The SMILES string of the molecule is C=CCCC(O)O. The zero-order valence-corrected chi connectivity index (χ0v) is 4.17. The predicted octanol–water partition coefficient (Wildman–Crippen LogP) is 0.263. The summed E-state index contributed by atoms with van der Waals surface area (Å²) < 4.78 is 0. The molecule has 0 saturated heterocycles. The molecule has 42 valence electrons. The Morgan fingerprint density at radius 1 is 1.57 bits per heavy atom. The van der Waals surface area contributed by atoms with Gasteiger partial charge in [0.2, 0.25) is 0 Å². The molecule has 0 aromatic heterocycles. The van der Waals surface area contributed by atoms with E-state index in [0.29, 0.717) is 12.8 Å². The van der Waals surface area contributed by atoms with Gasteiger partial charge >= 0.3 is 0 Å². The van der Waals surface area contributed by atoms with Crippen LogP contribution in [0.25, 0.3) is 0 Å². The van der Waals surface area contributed by atoms with Crippen molar-refractivity contribution in [3.05, 3.63) is 12.7 Å². The van der Waals surface area contributed by atoms with Crippen LogP contribution in [-0.2, 0) is 0 Å². The van der Waals surface area contributed by atoms with Crippen LogP contribution in [0.2, 0.25) is 0 Å². The molecule has 0 aliphatic heterocycles. The first-order valence-electron chi connectivity index (χ1n) is 2.24. The van der Waals surface area contributed by atoms with E-state index in [-0.39, 0.29) is 0 Å². The van der Waals surface area contributed by atoms with Crippen molar-refractivity contribution >= 4 is 0 Å². The third-order valence-corrected chi connectivity index (χ3v) is 0.629. The van der Waals surface area contributed by atoms with Crippen molar-refractivity contribution in [2.75, 3.05) is 0 Å². The molecule has 0 heterocycles. The highest BCUT2D eigenvalue weighted by Crippen LogP contribution is 1.91. The van der Waals surface area contributed by atoms with Gasteiger partial charge in [0.05, 0.1) is 0 Å². The monoisotopic (exact) mass is 102 g/mol. The number of hydrogen-bond donors (Lipinski definition) is 2. The van der Waals surface area contributed by atoms with Gasteiger partial charge in [0.25, 0.3) is 0 Å². The summed E-state index contributed by atoms with van der Waals surface area (Å²) in [4.78, 5) is 0. The van der Waals surface area contributed by atoms with Crippen molar-refractivity contribution < 1.29 is 10.2 Å². The van der Waals surface area contributed by atoms with Crippen molar-refractivity contribution in [2.24, 2.45) is 0 Å². The molecule has 0 rings (SSSR count). The lowest BCUT2D eigenvalue weighted by atomic mass is 10.3. The van der Waals surface area contributed by atoms with Crippen LogP contribution in [0.15, 0.2) is 12.7 Å². The van der Waals surface area contributed by atoms with Gasteiger partial charge in [-0.25, -0.2) is 0 Å².